The Labute approximate surface area is 213 Å². The minimum Gasteiger partial charge on any atom is -0.346 e. The molecule has 1 amide bonds. The molecule has 2 saturated heterocycles. The number of carbonyl (C=O) groups is 1. The quantitative estimate of drug-likeness (QED) is 0.454. The van der Waals surface area contributed by atoms with E-state index in [-0.39, 0.29) is 11.4 Å². The highest BCUT2D eigenvalue weighted by atomic mass is 16.2. The lowest BCUT2D eigenvalue weighted by Gasteiger charge is -2.53. The molecule has 0 atom stereocenters. The first-order chi connectivity index (χ1) is 18.1. The molecule has 10 heteroatoms. The molecular formula is C27H25N9O. The molecule has 3 aromatic heterocycles. The van der Waals surface area contributed by atoms with Gasteiger partial charge in [0, 0.05) is 61.1 Å². The fraction of sp³-hybridized carbons (Fsp3) is 0.333. The van der Waals surface area contributed by atoms with E-state index in [0.29, 0.717) is 36.7 Å². The number of nitrogens with one attached hydrogen (secondary N) is 1. The van der Waals surface area contributed by atoms with Crippen LogP contribution in [-0.2, 0) is 5.54 Å². The third-order valence-electron chi connectivity index (χ3n) is 7.61. The Morgan fingerprint density at radius 1 is 1.16 bits per heavy atom. The standard InChI is InChI=1S/C27H25N9O/c28-8-7-27(36-15-21(14-33-36)24-23-4-9-30-25(23)32-18-31-24)16-35(17-27)22-5-10-34(11-6-22)26(37)20-3-1-2-19(12-20)13-29/h1-4,9,12,14-15,18,22H,5-7,10-11,16-17H2,(H,30,31,32). The van der Waals surface area contributed by atoms with Gasteiger partial charge < -0.3 is 9.88 Å². The van der Waals surface area contributed by atoms with Crippen LogP contribution in [0, 0.1) is 22.7 Å². The van der Waals surface area contributed by atoms with E-state index < -0.39 is 0 Å². The molecule has 5 heterocycles. The minimum absolute atomic E-state index is 0.0247. The second-order valence-electron chi connectivity index (χ2n) is 9.82. The van der Waals surface area contributed by atoms with Gasteiger partial charge in [0.2, 0.25) is 0 Å². The van der Waals surface area contributed by atoms with Crippen LogP contribution in [-0.4, -0.2) is 72.7 Å². The molecular weight excluding hydrogens is 466 g/mol. The molecule has 184 valence electrons. The number of piperidine rings is 1. The number of carbonyl (C=O) groups excluding carboxylic acids is 1. The molecule has 37 heavy (non-hydrogen) atoms. The number of nitriles is 2. The maximum absolute atomic E-state index is 12.9. The molecule has 2 aliphatic rings. The fourth-order valence-electron chi connectivity index (χ4n) is 5.60. The van der Waals surface area contributed by atoms with E-state index in [1.807, 2.05) is 34.2 Å². The summed E-state index contributed by atoms with van der Waals surface area (Å²) in [6, 6.07) is 13.6. The maximum atomic E-state index is 12.9. The molecule has 0 spiro atoms. The van der Waals surface area contributed by atoms with Crippen LogP contribution in [0.1, 0.15) is 35.2 Å². The van der Waals surface area contributed by atoms with Gasteiger partial charge in [-0.05, 0) is 37.1 Å². The Kier molecular flexibility index (Phi) is 5.67. The highest BCUT2D eigenvalue weighted by Gasteiger charge is 2.48. The Balaban J connectivity index is 1.12. The summed E-state index contributed by atoms with van der Waals surface area (Å²) in [6.07, 6.45) is 9.31. The van der Waals surface area contributed by atoms with Crippen LogP contribution >= 0.6 is 0 Å². The van der Waals surface area contributed by atoms with Gasteiger partial charge in [0.25, 0.3) is 5.91 Å². The molecule has 1 aromatic carbocycles. The molecule has 4 aromatic rings. The fourth-order valence-corrected chi connectivity index (χ4v) is 5.60. The van der Waals surface area contributed by atoms with Crippen molar-refractivity contribution < 1.29 is 4.79 Å². The molecule has 0 radical (unpaired) electrons. The van der Waals surface area contributed by atoms with Gasteiger partial charge in [-0.15, -0.1) is 0 Å². The van der Waals surface area contributed by atoms with E-state index in [4.69, 9.17) is 5.26 Å². The van der Waals surface area contributed by atoms with Crippen LogP contribution < -0.4 is 0 Å². The van der Waals surface area contributed by atoms with Crippen molar-refractivity contribution in [2.45, 2.75) is 30.8 Å². The van der Waals surface area contributed by atoms with Crippen LogP contribution in [0.5, 0.6) is 0 Å². The van der Waals surface area contributed by atoms with E-state index in [1.54, 1.807) is 30.6 Å². The second kappa shape index (κ2) is 9.16. The number of benzene rings is 1. The molecule has 0 saturated carbocycles. The predicted molar refractivity (Wildman–Crippen MR) is 135 cm³/mol. The third-order valence-corrected chi connectivity index (χ3v) is 7.61. The summed E-state index contributed by atoms with van der Waals surface area (Å²) in [5, 5.41) is 24.3. The van der Waals surface area contributed by atoms with Crippen molar-refractivity contribution in [3.63, 3.8) is 0 Å². The molecule has 1 N–H and O–H groups in total. The van der Waals surface area contributed by atoms with E-state index in [1.165, 1.54) is 0 Å². The Hall–Kier alpha value is -4.54. The van der Waals surface area contributed by atoms with Crippen LogP contribution in [0.3, 0.4) is 0 Å². The zero-order valence-electron chi connectivity index (χ0n) is 20.2. The van der Waals surface area contributed by atoms with E-state index in [0.717, 1.165) is 48.2 Å². The number of aromatic nitrogens is 5. The zero-order valence-corrected chi connectivity index (χ0v) is 20.2. The van der Waals surface area contributed by atoms with Crippen LogP contribution in [0.4, 0.5) is 0 Å². The van der Waals surface area contributed by atoms with Crippen molar-refractivity contribution in [1.82, 2.24) is 34.5 Å². The molecule has 0 bridgehead atoms. The maximum Gasteiger partial charge on any atom is 0.253 e. The van der Waals surface area contributed by atoms with Gasteiger partial charge in [-0.25, -0.2) is 9.97 Å². The smallest absolute Gasteiger partial charge is 0.253 e. The summed E-state index contributed by atoms with van der Waals surface area (Å²) in [7, 11) is 0. The summed E-state index contributed by atoms with van der Waals surface area (Å²) in [5.74, 6) is -0.0247. The van der Waals surface area contributed by atoms with Gasteiger partial charge in [0.1, 0.15) is 17.5 Å². The minimum atomic E-state index is -0.373. The summed E-state index contributed by atoms with van der Waals surface area (Å²) < 4.78 is 1.93. The van der Waals surface area contributed by atoms with Crippen molar-refractivity contribution >= 4 is 16.9 Å². The number of amides is 1. The largest absolute Gasteiger partial charge is 0.346 e. The first kappa shape index (κ1) is 22.9. The van der Waals surface area contributed by atoms with Gasteiger partial charge in [-0.3, -0.25) is 14.4 Å². The van der Waals surface area contributed by atoms with Gasteiger partial charge in [-0.2, -0.15) is 15.6 Å². The van der Waals surface area contributed by atoms with Crippen LogP contribution in [0.2, 0.25) is 0 Å². The number of fused-ring (bicyclic) bond motifs is 1. The number of likely N-dealkylation sites (tertiary alicyclic amines) is 2. The monoisotopic (exact) mass is 491 g/mol. The van der Waals surface area contributed by atoms with Crippen LogP contribution in [0.15, 0.2) is 55.2 Å². The number of rotatable bonds is 5. The number of aromatic amines is 1. The Morgan fingerprint density at radius 3 is 2.78 bits per heavy atom. The Morgan fingerprint density at radius 2 is 2.00 bits per heavy atom. The average Bonchev–Trinajstić information content (AvgIpc) is 3.60. The van der Waals surface area contributed by atoms with Crippen molar-refractivity contribution in [1.29, 1.82) is 10.5 Å². The lowest BCUT2D eigenvalue weighted by atomic mass is 9.83. The molecule has 10 nitrogen and oxygen atoms in total. The topological polar surface area (TPSA) is 131 Å². The van der Waals surface area contributed by atoms with Gasteiger partial charge >= 0.3 is 0 Å². The first-order valence-electron chi connectivity index (χ1n) is 12.3. The van der Waals surface area contributed by atoms with Crippen LogP contribution in [0.25, 0.3) is 22.3 Å². The van der Waals surface area contributed by atoms with Crippen molar-refractivity contribution in [3.8, 4) is 23.4 Å². The lowest BCUT2D eigenvalue weighted by molar-refractivity contribution is -0.0412. The second-order valence-corrected chi connectivity index (χ2v) is 9.82. The average molecular weight is 492 g/mol. The molecule has 2 aliphatic heterocycles. The number of nitrogens with zero attached hydrogens (tertiary/aromatic N) is 8. The molecule has 2 fully saturated rings. The molecule has 6 rings (SSSR count). The van der Waals surface area contributed by atoms with Crippen molar-refractivity contribution in [3.05, 3.63) is 66.4 Å². The van der Waals surface area contributed by atoms with Crippen molar-refractivity contribution in [2.24, 2.45) is 0 Å². The summed E-state index contributed by atoms with van der Waals surface area (Å²) >= 11 is 0. The molecule has 0 aliphatic carbocycles. The SMILES string of the molecule is N#CCC1(n2cc(-c3ncnc4[nH]ccc34)cn2)CN(C2CCN(C(=O)c3cccc(C#N)c3)CC2)C1. The first-order valence-corrected chi connectivity index (χ1v) is 12.3. The number of hydrogen-bond acceptors (Lipinski definition) is 7. The van der Waals surface area contributed by atoms with Gasteiger partial charge in [0.05, 0.1) is 36.0 Å². The van der Waals surface area contributed by atoms with Gasteiger partial charge in [0.15, 0.2) is 0 Å². The number of H-pyrrole nitrogens is 1. The number of hydrogen-bond donors (Lipinski definition) is 1. The highest BCUT2D eigenvalue weighted by molar-refractivity contribution is 5.94. The molecule has 0 unspecified atom stereocenters. The van der Waals surface area contributed by atoms with E-state index in [9.17, 15) is 10.1 Å². The predicted octanol–water partition coefficient (Wildman–Crippen LogP) is 2.92. The lowest BCUT2D eigenvalue weighted by Crippen LogP contribution is -2.66. The zero-order chi connectivity index (χ0) is 25.4. The summed E-state index contributed by atoms with van der Waals surface area (Å²) in [6.45, 7) is 2.84. The highest BCUT2D eigenvalue weighted by Crippen LogP contribution is 2.37. The summed E-state index contributed by atoms with van der Waals surface area (Å²) in [5.41, 5.74) is 3.18. The van der Waals surface area contributed by atoms with E-state index >= 15 is 0 Å². The summed E-state index contributed by atoms with van der Waals surface area (Å²) in [4.78, 5) is 29.1. The van der Waals surface area contributed by atoms with Gasteiger partial charge in [-0.1, -0.05) is 6.07 Å². The normalized spacial score (nSPS) is 17.7. The van der Waals surface area contributed by atoms with E-state index in [2.05, 4.69) is 37.1 Å². The van der Waals surface area contributed by atoms with Crippen molar-refractivity contribution in [2.75, 3.05) is 26.2 Å². The Bertz CT molecular complexity index is 1540. The third kappa shape index (κ3) is 4.02.